The van der Waals surface area contributed by atoms with Gasteiger partial charge >= 0.3 is 0 Å². The number of amides is 2. The molecule has 4 N–H and O–H groups in total. The largest absolute Gasteiger partial charge is 0.353 e. The normalized spacial score (nSPS) is 14.0. The number of nitrogens with one attached hydrogen (secondary N) is 2. The van der Waals surface area contributed by atoms with Crippen LogP contribution in [0, 0.1) is 0 Å². The van der Waals surface area contributed by atoms with E-state index >= 15 is 0 Å². The van der Waals surface area contributed by atoms with E-state index in [1.54, 1.807) is 0 Å². The zero-order chi connectivity index (χ0) is 18.4. The second-order valence-electron chi connectivity index (χ2n) is 6.30. The summed E-state index contributed by atoms with van der Waals surface area (Å²) in [4.78, 5) is 27.1. The van der Waals surface area contributed by atoms with Crippen LogP contribution in [-0.4, -0.2) is 42.9 Å². The molecule has 1 unspecified atom stereocenters. The van der Waals surface area contributed by atoms with Crippen molar-refractivity contribution in [3.8, 4) is 0 Å². The van der Waals surface area contributed by atoms with Crippen molar-refractivity contribution >= 4 is 48.0 Å². The summed E-state index contributed by atoms with van der Waals surface area (Å²) in [6, 6.07) is 12.5. The lowest BCUT2D eigenvalue weighted by atomic mass is 10.0. The fourth-order valence-electron chi connectivity index (χ4n) is 3.19. The molecule has 3 rings (SSSR count). The van der Waals surface area contributed by atoms with E-state index in [4.69, 9.17) is 5.73 Å². The minimum absolute atomic E-state index is 0. The molecule has 1 aromatic heterocycles. The number of hydrogen-bond donors (Lipinski definition) is 3. The number of carbonyl (C=O) groups excluding carboxylic acids is 2. The minimum atomic E-state index is -0.333. The number of fused-ring (bicyclic) bond motifs is 1. The number of carbonyl (C=O) groups is 2. The fraction of sp³-hybridized carbons (Fsp3) is 0.368. The second-order valence-corrected chi connectivity index (χ2v) is 7.30. The number of nitrogens with two attached hydrogens (primary N) is 1. The van der Waals surface area contributed by atoms with Crippen molar-refractivity contribution in [3.05, 3.63) is 57.8 Å². The van der Waals surface area contributed by atoms with Crippen LogP contribution in [-0.2, 0) is 22.6 Å². The first-order valence-electron chi connectivity index (χ1n) is 8.75. The van der Waals surface area contributed by atoms with Crippen molar-refractivity contribution in [2.24, 2.45) is 5.73 Å². The third-order valence-corrected chi connectivity index (χ3v) is 5.61. The Morgan fingerprint density at radius 2 is 1.86 bits per heavy atom. The third kappa shape index (κ3) is 6.46. The van der Waals surface area contributed by atoms with Gasteiger partial charge in [0.1, 0.15) is 0 Å². The maximum atomic E-state index is 12.1. The number of nitrogens with zero attached hydrogens (tertiary/aromatic N) is 1. The van der Waals surface area contributed by atoms with E-state index in [2.05, 4.69) is 39.1 Å². The van der Waals surface area contributed by atoms with Gasteiger partial charge in [-0.2, -0.15) is 0 Å². The first-order valence-corrected chi connectivity index (χ1v) is 9.63. The summed E-state index contributed by atoms with van der Waals surface area (Å²) < 4.78 is 0. The molecule has 0 saturated heterocycles. The highest BCUT2D eigenvalue weighted by molar-refractivity contribution is 7.10. The summed E-state index contributed by atoms with van der Waals surface area (Å²) in [7, 11) is 0. The lowest BCUT2D eigenvalue weighted by Gasteiger charge is -2.35. The molecule has 28 heavy (non-hydrogen) atoms. The van der Waals surface area contributed by atoms with Gasteiger partial charge < -0.3 is 16.4 Å². The van der Waals surface area contributed by atoms with Gasteiger partial charge in [-0.15, -0.1) is 36.2 Å². The van der Waals surface area contributed by atoms with Crippen molar-refractivity contribution in [2.75, 3.05) is 26.2 Å². The molecule has 9 heteroatoms. The van der Waals surface area contributed by atoms with Crippen molar-refractivity contribution in [1.82, 2.24) is 15.5 Å². The molecule has 0 saturated carbocycles. The van der Waals surface area contributed by atoms with Gasteiger partial charge in [0.25, 0.3) is 0 Å². The van der Waals surface area contributed by atoms with E-state index in [9.17, 15) is 9.59 Å². The Morgan fingerprint density at radius 1 is 1.11 bits per heavy atom. The molecule has 2 aromatic rings. The molecule has 0 spiro atoms. The van der Waals surface area contributed by atoms with E-state index in [0.717, 1.165) is 19.5 Å². The lowest BCUT2D eigenvalue weighted by Crippen LogP contribution is -2.44. The molecule has 6 nitrogen and oxygen atoms in total. The molecule has 0 radical (unpaired) electrons. The van der Waals surface area contributed by atoms with Gasteiger partial charge in [0.05, 0.1) is 19.1 Å². The van der Waals surface area contributed by atoms with Crippen LogP contribution in [0.3, 0.4) is 0 Å². The van der Waals surface area contributed by atoms with Crippen molar-refractivity contribution in [1.29, 1.82) is 0 Å². The second kappa shape index (κ2) is 12.0. The number of hydrogen-bond acceptors (Lipinski definition) is 5. The van der Waals surface area contributed by atoms with E-state index in [1.807, 2.05) is 29.5 Å². The van der Waals surface area contributed by atoms with Gasteiger partial charge in [-0.1, -0.05) is 30.3 Å². The third-order valence-electron chi connectivity index (χ3n) is 4.59. The molecule has 2 heterocycles. The molecule has 0 fully saturated rings. The summed E-state index contributed by atoms with van der Waals surface area (Å²) in [5, 5.41) is 7.59. The average molecular weight is 445 g/mol. The van der Waals surface area contributed by atoms with Gasteiger partial charge in [0.15, 0.2) is 0 Å². The van der Waals surface area contributed by atoms with Crippen molar-refractivity contribution in [3.63, 3.8) is 0 Å². The maximum Gasteiger partial charge on any atom is 0.239 e. The average Bonchev–Trinajstić information content (AvgIpc) is 3.15. The smallest absolute Gasteiger partial charge is 0.239 e. The Balaban J connectivity index is 0.00000196. The molecule has 0 bridgehead atoms. The van der Waals surface area contributed by atoms with Crippen LogP contribution >= 0.6 is 36.2 Å². The molecule has 1 aliphatic heterocycles. The quantitative estimate of drug-likeness (QED) is 0.608. The van der Waals surface area contributed by atoms with Gasteiger partial charge in [-0.3, -0.25) is 14.5 Å². The Morgan fingerprint density at radius 3 is 2.57 bits per heavy atom. The van der Waals surface area contributed by atoms with Crippen LogP contribution in [0.4, 0.5) is 0 Å². The standard InChI is InChI=1S/C19H24N4O2S.2ClH/c20-10-18(24)22-12-19(25)21-11-16(14-4-2-1-3-5-14)23-8-6-17-15(13-23)7-9-26-17;;/h1-5,7,9,16H,6,8,10-13,20H2,(H,21,25)(H,22,24);2*1H. The predicted octanol–water partition coefficient (Wildman–Crippen LogP) is 1.88. The summed E-state index contributed by atoms with van der Waals surface area (Å²) in [5.41, 5.74) is 7.79. The molecule has 1 aliphatic rings. The first-order chi connectivity index (χ1) is 12.7. The molecule has 0 aliphatic carbocycles. The van der Waals surface area contributed by atoms with E-state index < -0.39 is 0 Å². The predicted molar refractivity (Wildman–Crippen MR) is 117 cm³/mol. The van der Waals surface area contributed by atoms with Crippen LogP contribution in [0.2, 0.25) is 0 Å². The van der Waals surface area contributed by atoms with Crippen LogP contribution < -0.4 is 16.4 Å². The summed E-state index contributed by atoms with van der Waals surface area (Å²) in [5.74, 6) is -0.540. The highest BCUT2D eigenvalue weighted by atomic mass is 35.5. The van der Waals surface area contributed by atoms with Gasteiger partial charge in [0, 0.05) is 24.5 Å². The lowest BCUT2D eigenvalue weighted by molar-refractivity contribution is -0.125. The SMILES string of the molecule is Cl.Cl.NCC(=O)NCC(=O)NCC(c1ccccc1)N1CCc2sccc2C1. The molecule has 154 valence electrons. The maximum absolute atomic E-state index is 12.1. The van der Waals surface area contributed by atoms with Gasteiger partial charge in [0.2, 0.25) is 11.8 Å². The zero-order valence-corrected chi connectivity index (χ0v) is 17.9. The van der Waals surface area contributed by atoms with Gasteiger partial charge in [-0.05, 0) is 29.0 Å². The first kappa shape index (κ1) is 24.4. The van der Waals surface area contributed by atoms with Crippen molar-refractivity contribution < 1.29 is 9.59 Å². The summed E-state index contributed by atoms with van der Waals surface area (Å²) >= 11 is 1.82. The molecule has 2 amide bonds. The van der Waals surface area contributed by atoms with E-state index in [1.165, 1.54) is 16.0 Å². The number of halogens is 2. The Bertz CT molecular complexity index is 757. The molecular formula is C19H26Cl2N4O2S. The monoisotopic (exact) mass is 444 g/mol. The Kier molecular flexibility index (Phi) is 10.5. The number of rotatable bonds is 7. The molecule has 1 atom stereocenters. The number of benzene rings is 1. The highest BCUT2D eigenvalue weighted by Crippen LogP contribution is 2.30. The zero-order valence-electron chi connectivity index (χ0n) is 15.4. The van der Waals surface area contributed by atoms with E-state index in [0.29, 0.717) is 6.54 Å². The van der Waals surface area contributed by atoms with Crippen LogP contribution in [0.1, 0.15) is 22.0 Å². The Hall–Kier alpha value is -1.64. The minimum Gasteiger partial charge on any atom is -0.353 e. The number of thiophene rings is 1. The van der Waals surface area contributed by atoms with Crippen LogP contribution in [0.5, 0.6) is 0 Å². The van der Waals surface area contributed by atoms with Crippen molar-refractivity contribution in [2.45, 2.75) is 19.0 Å². The molecule has 1 aromatic carbocycles. The highest BCUT2D eigenvalue weighted by Gasteiger charge is 2.25. The fourth-order valence-corrected chi connectivity index (χ4v) is 4.08. The van der Waals surface area contributed by atoms with Crippen LogP contribution in [0.15, 0.2) is 41.8 Å². The summed E-state index contributed by atoms with van der Waals surface area (Å²) in [6.07, 6.45) is 1.04. The molecular weight excluding hydrogens is 419 g/mol. The Labute approximate surface area is 181 Å². The van der Waals surface area contributed by atoms with Gasteiger partial charge in [-0.25, -0.2) is 0 Å². The van der Waals surface area contributed by atoms with E-state index in [-0.39, 0.29) is 55.8 Å². The topological polar surface area (TPSA) is 87.5 Å². The summed E-state index contributed by atoms with van der Waals surface area (Å²) in [6.45, 7) is 2.19. The van der Waals surface area contributed by atoms with Crippen LogP contribution in [0.25, 0.3) is 0 Å².